The van der Waals surface area contributed by atoms with Crippen LogP contribution >= 0.6 is 0 Å². The van der Waals surface area contributed by atoms with Crippen molar-refractivity contribution in [2.45, 2.75) is 0 Å². The fourth-order valence-corrected chi connectivity index (χ4v) is 7.71. The van der Waals surface area contributed by atoms with Gasteiger partial charge >= 0.3 is 0 Å². The van der Waals surface area contributed by atoms with Gasteiger partial charge in [-0.15, -0.1) is 0 Å². The van der Waals surface area contributed by atoms with Gasteiger partial charge in [0.1, 0.15) is 0 Å². The molecule has 0 aliphatic heterocycles. The maximum Gasteiger partial charge on any atom is 0.160 e. The van der Waals surface area contributed by atoms with Crippen LogP contribution in [0.25, 0.3) is 100 Å². The molecule has 1 aliphatic carbocycles. The summed E-state index contributed by atoms with van der Waals surface area (Å²) in [6.45, 7) is 0. The van der Waals surface area contributed by atoms with Crippen molar-refractivity contribution in [2.75, 3.05) is 0 Å². The van der Waals surface area contributed by atoms with Crippen molar-refractivity contribution in [1.82, 2.24) is 9.97 Å². The molecule has 0 N–H and O–H groups in total. The van der Waals surface area contributed by atoms with Crippen LogP contribution in [0.4, 0.5) is 0 Å². The van der Waals surface area contributed by atoms with E-state index in [1.165, 1.54) is 60.8 Å². The zero-order valence-electron chi connectivity index (χ0n) is 28.4. The molecular weight excluding hydrogens is 629 g/mol. The van der Waals surface area contributed by atoms with Gasteiger partial charge in [-0.2, -0.15) is 0 Å². The van der Waals surface area contributed by atoms with Crippen molar-refractivity contribution in [1.29, 1.82) is 0 Å². The van der Waals surface area contributed by atoms with E-state index < -0.39 is 0 Å². The van der Waals surface area contributed by atoms with Crippen LogP contribution in [0.1, 0.15) is 0 Å². The lowest BCUT2D eigenvalue weighted by atomic mass is 9.92. The molecule has 1 aliphatic rings. The smallest absolute Gasteiger partial charge is 0.160 e. The van der Waals surface area contributed by atoms with Gasteiger partial charge in [-0.1, -0.05) is 176 Å². The van der Waals surface area contributed by atoms with E-state index in [4.69, 9.17) is 9.97 Å². The molecule has 0 unspecified atom stereocenters. The highest BCUT2D eigenvalue weighted by Crippen LogP contribution is 2.49. The van der Waals surface area contributed by atoms with Gasteiger partial charge < -0.3 is 0 Å². The van der Waals surface area contributed by atoms with E-state index in [0.29, 0.717) is 5.82 Å². The molecule has 242 valence electrons. The Kier molecular flexibility index (Phi) is 7.18. The Labute approximate surface area is 303 Å². The molecule has 0 atom stereocenters. The molecule has 1 heterocycles. The largest absolute Gasteiger partial charge is 0.228 e. The van der Waals surface area contributed by atoms with E-state index in [2.05, 4.69) is 182 Å². The molecule has 0 radical (unpaired) electrons. The van der Waals surface area contributed by atoms with Crippen LogP contribution in [0.15, 0.2) is 194 Å². The normalized spacial score (nSPS) is 11.5. The summed E-state index contributed by atoms with van der Waals surface area (Å²) in [7, 11) is 0. The van der Waals surface area contributed by atoms with Crippen molar-refractivity contribution in [3.63, 3.8) is 0 Å². The molecule has 2 nitrogen and oxygen atoms in total. The van der Waals surface area contributed by atoms with Gasteiger partial charge in [0.25, 0.3) is 0 Å². The topological polar surface area (TPSA) is 25.8 Å². The molecule has 0 saturated heterocycles. The lowest BCUT2D eigenvalue weighted by molar-refractivity contribution is 1.18. The third kappa shape index (κ3) is 5.21. The highest BCUT2D eigenvalue weighted by molar-refractivity contribution is 6.18. The van der Waals surface area contributed by atoms with Crippen molar-refractivity contribution < 1.29 is 0 Å². The Bertz CT molecular complexity index is 2740. The predicted molar refractivity (Wildman–Crippen MR) is 217 cm³/mol. The van der Waals surface area contributed by atoms with Gasteiger partial charge in [0.15, 0.2) is 5.82 Å². The number of rotatable bonds is 6. The Morgan fingerprint density at radius 3 is 1.42 bits per heavy atom. The van der Waals surface area contributed by atoms with Crippen molar-refractivity contribution in [3.8, 4) is 89.5 Å². The highest BCUT2D eigenvalue weighted by Gasteiger charge is 2.22. The quantitative estimate of drug-likeness (QED) is 0.177. The van der Waals surface area contributed by atoms with Crippen LogP contribution in [0.3, 0.4) is 0 Å². The van der Waals surface area contributed by atoms with Crippen molar-refractivity contribution >= 4 is 10.8 Å². The summed E-state index contributed by atoms with van der Waals surface area (Å²) in [4.78, 5) is 10.2. The summed E-state index contributed by atoms with van der Waals surface area (Å²) in [6, 6.07) is 69.2. The molecule has 0 amide bonds. The van der Waals surface area contributed by atoms with E-state index in [1.54, 1.807) is 0 Å². The van der Waals surface area contributed by atoms with E-state index in [1.807, 2.05) is 12.1 Å². The van der Waals surface area contributed by atoms with Gasteiger partial charge in [-0.05, 0) is 84.6 Å². The van der Waals surface area contributed by atoms with E-state index >= 15 is 0 Å². The van der Waals surface area contributed by atoms with Gasteiger partial charge in [0, 0.05) is 16.7 Å². The average molecular weight is 661 g/mol. The van der Waals surface area contributed by atoms with Crippen LogP contribution in [0, 0.1) is 0 Å². The summed E-state index contributed by atoms with van der Waals surface area (Å²) >= 11 is 0. The first-order valence-corrected chi connectivity index (χ1v) is 17.7. The second-order valence-corrected chi connectivity index (χ2v) is 13.4. The fraction of sp³-hybridized carbons (Fsp3) is 0. The highest BCUT2D eigenvalue weighted by atomic mass is 14.9. The average Bonchev–Trinajstić information content (AvgIpc) is 3.56. The summed E-state index contributed by atoms with van der Waals surface area (Å²) in [5.41, 5.74) is 17.3. The number of aromatic nitrogens is 2. The summed E-state index contributed by atoms with van der Waals surface area (Å²) in [5.74, 6) is 0.706. The minimum atomic E-state index is 0.706. The molecule has 52 heavy (non-hydrogen) atoms. The minimum Gasteiger partial charge on any atom is -0.228 e. The summed E-state index contributed by atoms with van der Waals surface area (Å²) < 4.78 is 0. The lowest BCUT2D eigenvalue weighted by Crippen LogP contribution is -1.96. The minimum absolute atomic E-state index is 0.706. The molecule has 10 rings (SSSR count). The Morgan fingerprint density at radius 2 is 0.712 bits per heavy atom. The number of fused-ring (bicyclic) bond motifs is 3. The third-order valence-corrected chi connectivity index (χ3v) is 10.3. The number of nitrogens with zero attached hydrogens (tertiary/aromatic N) is 2. The standard InChI is InChI=1S/C50H32N2/c1-3-12-33(13-4-1)34-24-26-36(27-25-34)50-51-47(35-14-5-2-6-15-35)32-48(52-50)40-19-10-17-38(31-40)37-16-9-18-39(30-37)41-28-29-46-43-21-8-7-20-42(43)45-23-11-22-44(41)49(45)46/h1-32H. The lowest BCUT2D eigenvalue weighted by Gasteiger charge is -2.13. The van der Waals surface area contributed by atoms with Crippen LogP contribution in [0.2, 0.25) is 0 Å². The maximum absolute atomic E-state index is 5.16. The molecule has 0 fully saturated rings. The Morgan fingerprint density at radius 1 is 0.250 bits per heavy atom. The first-order valence-electron chi connectivity index (χ1n) is 17.7. The fourth-order valence-electron chi connectivity index (χ4n) is 7.71. The molecule has 0 saturated carbocycles. The summed E-state index contributed by atoms with van der Waals surface area (Å²) in [5, 5.41) is 2.63. The van der Waals surface area contributed by atoms with Gasteiger partial charge in [-0.25, -0.2) is 9.97 Å². The SMILES string of the molecule is c1ccc(-c2ccc(-c3nc(-c4ccccc4)cc(-c4cccc(-c5cccc(-c6ccc7c8c(cccc68)-c6ccccc6-7)c5)c4)n3)cc2)cc1. The third-order valence-electron chi connectivity index (χ3n) is 10.3. The van der Waals surface area contributed by atoms with Crippen LogP contribution in [0.5, 0.6) is 0 Å². The second-order valence-electron chi connectivity index (χ2n) is 13.4. The second kappa shape index (κ2) is 12.5. The predicted octanol–water partition coefficient (Wildman–Crippen LogP) is 13.3. The monoisotopic (exact) mass is 660 g/mol. The molecule has 2 heteroatoms. The number of benzene rings is 8. The number of hydrogen-bond donors (Lipinski definition) is 0. The van der Waals surface area contributed by atoms with E-state index in [9.17, 15) is 0 Å². The van der Waals surface area contributed by atoms with E-state index in [-0.39, 0.29) is 0 Å². The van der Waals surface area contributed by atoms with Crippen LogP contribution in [-0.2, 0) is 0 Å². The Hall–Kier alpha value is -6.90. The van der Waals surface area contributed by atoms with Crippen LogP contribution < -0.4 is 0 Å². The first-order chi connectivity index (χ1) is 25.8. The Balaban J connectivity index is 1.04. The van der Waals surface area contributed by atoms with Gasteiger partial charge in [0.2, 0.25) is 0 Å². The molecule has 0 spiro atoms. The molecule has 0 bridgehead atoms. The summed E-state index contributed by atoms with van der Waals surface area (Å²) in [6.07, 6.45) is 0. The first kappa shape index (κ1) is 30.0. The van der Waals surface area contributed by atoms with Gasteiger partial charge in [-0.3, -0.25) is 0 Å². The zero-order valence-corrected chi connectivity index (χ0v) is 28.4. The van der Waals surface area contributed by atoms with Crippen molar-refractivity contribution in [2.24, 2.45) is 0 Å². The van der Waals surface area contributed by atoms with E-state index in [0.717, 1.165) is 33.6 Å². The molecule has 1 aromatic heterocycles. The zero-order chi connectivity index (χ0) is 34.4. The molecule has 8 aromatic carbocycles. The van der Waals surface area contributed by atoms with Gasteiger partial charge in [0.05, 0.1) is 11.4 Å². The number of hydrogen-bond acceptors (Lipinski definition) is 2. The van der Waals surface area contributed by atoms with Crippen molar-refractivity contribution in [3.05, 3.63) is 194 Å². The molecular formula is C50H32N2. The maximum atomic E-state index is 5.16. The van der Waals surface area contributed by atoms with Crippen LogP contribution in [-0.4, -0.2) is 9.97 Å². The molecule has 9 aromatic rings.